The van der Waals surface area contributed by atoms with Gasteiger partial charge in [0, 0.05) is 5.75 Å². The molecule has 166 valence electrons. The van der Waals surface area contributed by atoms with Crippen LogP contribution in [0, 0.1) is 0 Å². The van der Waals surface area contributed by atoms with Crippen LogP contribution in [-0.4, -0.2) is 49.5 Å². The SMILES string of the molecule is CC(C)(CO)Nc1nc(SCc2ccccc2)nc2nc(N[C@H]3CCCC[C@H]3O)sc12. The zero-order valence-corrected chi connectivity index (χ0v) is 19.5. The molecule has 1 aromatic carbocycles. The van der Waals surface area contributed by atoms with E-state index in [1.54, 1.807) is 11.8 Å². The molecular weight excluding hydrogens is 430 g/mol. The third-order valence-corrected chi connectivity index (χ3v) is 7.24. The Labute approximate surface area is 190 Å². The van der Waals surface area contributed by atoms with Gasteiger partial charge in [-0.3, -0.25) is 0 Å². The molecule has 0 saturated heterocycles. The first-order valence-corrected chi connectivity index (χ1v) is 12.4. The number of fused-ring (bicyclic) bond motifs is 1. The van der Waals surface area contributed by atoms with Crippen molar-refractivity contribution in [3.05, 3.63) is 35.9 Å². The van der Waals surface area contributed by atoms with E-state index in [1.165, 1.54) is 16.9 Å². The number of nitrogens with zero attached hydrogens (tertiary/aromatic N) is 3. The van der Waals surface area contributed by atoms with E-state index in [0.717, 1.165) is 41.3 Å². The Morgan fingerprint density at radius 1 is 1.13 bits per heavy atom. The van der Waals surface area contributed by atoms with Crippen LogP contribution in [0.15, 0.2) is 35.5 Å². The smallest absolute Gasteiger partial charge is 0.191 e. The molecule has 7 nitrogen and oxygen atoms in total. The van der Waals surface area contributed by atoms with Crippen molar-refractivity contribution in [1.82, 2.24) is 15.0 Å². The topological polar surface area (TPSA) is 103 Å². The third-order valence-electron chi connectivity index (χ3n) is 5.33. The first-order chi connectivity index (χ1) is 14.9. The molecule has 4 N–H and O–H groups in total. The average Bonchev–Trinajstić information content (AvgIpc) is 3.17. The van der Waals surface area contributed by atoms with Gasteiger partial charge >= 0.3 is 0 Å². The number of aliphatic hydroxyl groups excluding tert-OH is 2. The summed E-state index contributed by atoms with van der Waals surface area (Å²) in [5, 5.41) is 28.2. The molecule has 1 aliphatic carbocycles. The van der Waals surface area contributed by atoms with Gasteiger partial charge in [-0.1, -0.05) is 66.3 Å². The molecule has 1 aliphatic rings. The van der Waals surface area contributed by atoms with Gasteiger partial charge in [-0.15, -0.1) is 0 Å². The minimum absolute atomic E-state index is 0.0134. The number of benzene rings is 1. The fourth-order valence-electron chi connectivity index (χ4n) is 3.54. The highest BCUT2D eigenvalue weighted by atomic mass is 32.2. The summed E-state index contributed by atoms with van der Waals surface area (Å²) in [6.45, 7) is 3.83. The normalized spacial score (nSPS) is 19.5. The number of rotatable bonds is 8. The van der Waals surface area contributed by atoms with Crippen molar-refractivity contribution in [3.8, 4) is 0 Å². The van der Waals surface area contributed by atoms with Gasteiger partial charge in [0.25, 0.3) is 0 Å². The lowest BCUT2D eigenvalue weighted by atomic mass is 9.93. The van der Waals surface area contributed by atoms with Gasteiger partial charge in [-0.2, -0.15) is 4.98 Å². The lowest BCUT2D eigenvalue weighted by Gasteiger charge is -2.27. The van der Waals surface area contributed by atoms with Crippen molar-refractivity contribution >= 4 is 44.4 Å². The maximum absolute atomic E-state index is 10.3. The van der Waals surface area contributed by atoms with E-state index in [-0.39, 0.29) is 18.8 Å². The van der Waals surface area contributed by atoms with Gasteiger partial charge in [-0.25, -0.2) is 9.97 Å². The maximum atomic E-state index is 10.3. The third kappa shape index (κ3) is 5.65. The van der Waals surface area contributed by atoms with E-state index in [0.29, 0.717) is 16.6 Å². The molecular formula is C22H29N5O2S2. The molecule has 3 aromatic rings. The number of hydrogen-bond acceptors (Lipinski definition) is 9. The largest absolute Gasteiger partial charge is 0.394 e. The monoisotopic (exact) mass is 459 g/mol. The first-order valence-electron chi connectivity index (χ1n) is 10.6. The van der Waals surface area contributed by atoms with Crippen LogP contribution in [-0.2, 0) is 5.75 Å². The number of hydrogen-bond donors (Lipinski definition) is 4. The van der Waals surface area contributed by atoms with Crippen LogP contribution in [0.4, 0.5) is 10.9 Å². The van der Waals surface area contributed by atoms with Gasteiger partial charge in [0.15, 0.2) is 21.8 Å². The second-order valence-corrected chi connectivity index (χ2v) is 10.5. The Morgan fingerprint density at radius 3 is 2.65 bits per heavy atom. The summed E-state index contributed by atoms with van der Waals surface area (Å²) in [5.74, 6) is 1.44. The summed E-state index contributed by atoms with van der Waals surface area (Å²) in [7, 11) is 0. The molecule has 4 rings (SSSR count). The molecule has 2 heterocycles. The number of anilines is 2. The summed E-state index contributed by atoms with van der Waals surface area (Å²) in [6, 6.07) is 10.2. The Bertz CT molecular complexity index is 1010. The van der Waals surface area contributed by atoms with Crippen LogP contribution in [0.3, 0.4) is 0 Å². The summed E-state index contributed by atoms with van der Waals surface area (Å²) in [4.78, 5) is 14.1. The number of aromatic nitrogens is 3. The maximum Gasteiger partial charge on any atom is 0.191 e. The highest BCUT2D eigenvalue weighted by molar-refractivity contribution is 7.98. The molecule has 2 aromatic heterocycles. The Kier molecular flexibility index (Phi) is 6.95. The van der Waals surface area contributed by atoms with Crippen LogP contribution in [0.25, 0.3) is 10.3 Å². The molecule has 2 atom stereocenters. The Balaban J connectivity index is 1.62. The number of thioether (sulfide) groups is 1. The number of nitrogens with one attached hydrogen (secondary N) is 2. The molecule has 31 heavy (non-hydrogen) atoms. The van der Waals surface area contributed by atoms with Crippen molar-refractivity contribution in [2.45, 2.75) is 68.1 Å². The highest BCUT2D eigenvalue weighted by Crippen LogP contribution is 2.35. The fourth-order valence-corrected chi connectivity index (χ4v) is 5.24. The van der Waals surface area contributed by atoms with Crippen LogP contribution >= 0.6 is 23.1 Å². The minimum Gasteiger partial charge on any atom is -0.394 e. The van der Waals surface area contributed by atoms with Crippen LogP contribution < -0.4 is 10.6 Å². The molecule has 0 spiro atoms. The fraction of sp³-hybridized carbons (Fsp3) is 0.500. The number of thiazole rings is 1. The molecule has 1 saturated carbocycles. The molecule has 9 heteroatoms. The second kappa shape index (κ2) is 9.68. The van der Waals surface area contributed by atoms with Crippen LogP contribution in [0.1, 0.15) is 45.1 Å². The van der Waals surface area contributed by atoms with Crippen LogP contribution in [0.2, 0.25) is 0 Å². The molecule has 1 fully saturated rings. The zero-order chi connectivity index (χ0) is 21.8. The zero-order valence-electron chi connectivity index (χ0n) is 17.8. The lowest BCUT2D eigenvalue weighted by Crippen LogP contribution is -2.36. The summed E-state index contributed by atoms with van der Waals surface area (Å²) in [5.41, 5.74) is 1.30. The highest BCUT2D eigenvalue weighted by Gasteiger charge is 2.25. The van der Waals surface area contributed by atoms with Crippen molar-refractivity contribution < 1.29 is 10.2 Å². The molecule has 0 amide bonds. The molecule has 0 unspecified atom stereocenters. The molecule has 0 radical (unpaired) electrons. The van der Waals surface area contributed by atoms with E-state index in [2.05, 4.69) is 27.8 Å². The number of aliphatic hydroxyl groups is 2. The van der Waals surface area contributed by atoms with E-state index >= 15 is 0 Å². The second-order valence-electron chi connectivity index (χ2n) is 8.57. The summed E-state index contributed by atoms with van der Waals surface area (Å²) >= 11 is 3.04. The summed E-state index contributed by atoms with van der Waals surface area (Å²) < 4.78 is 0.846. The summed E-state index contributed by atoms with van der Waals surface area (Å²) in [6.07, 6.45) is 3.58. The quantitative estimate of drug-likeness (QED) is 0.292. The Hall–Kier alpha value is -1.94. The van der Waals surface area contributed by atoms with Gasteiger partial charge < -0.3 is 20.8 Å². The first kappa shape index (κ1) is 22.3. The van der Waals surface area contributed by atoms with Crippen LogP contribution in [0.5, 0.6) is 0 Å². The predicted octanol–water partition coefficient (Wildman–Crippen LogP) is 4.28. The van der Waals surface area contributed by atoms with E-state index in [4.69, 9.17) is 9.97 Å². The van der Waals surface area contributed by atoms with Crippen molar-refractivity contribution in [3.63, 3.8) is 0 Å². The van der Waals surface area contributed by atoms with E-state index in [1.807, 2.05) is 32.0 Å². The van der Waals surface area contributed by atoms with Gasteiger partial charge in [0.1, 0.15) is 4.70 Å². The molecule has 0 bridgehead atoms. The van der Waals surface area contributed by atoms with Gasteiger partial charge in [0.2, 0.25) is 0 Å². The van der Waals surface area contributed by atoms with Crippen molar-refractivity contribution in [2.24, 2.45) is 0 Å². The van der Waals surface area contributed by atoms with Crippen molar-refractivity contribution in [1.29, 1.82) is 0 Å². The van der Waals surface area contributed by atoms with Gasteiger partial charge in [0.05, 0.1) is 24.3 Å². The van der Waals surface area contributed by atoms with E-state index < -0.39 is 5.54 Å². The standard InChI is InChI=1S/C22H29N5O2S2/c1-22(2,13-28)27-19-17-18(24-20(26-19)30-12-14-8-4-3-5-9-14)25-21(31-17)23-15-10-6-7-11-16(15)29/h3-5,8-9,15-16,28-29H,6-7,10-13H2,1-2H3,(H2,23,24,25,26,27)/t15-,16+/m0/s1. The minimum atomic E-state index is -0.528. The predicted molar refractivity (Wildman–Crippen MR) is 128 cm³/mol. The van der Waals surface area contributed by atoms with Crippen molar-refractivity contribution in [2.75, 3.05) is 17.2 Å². The Morgan fingerprint density at radius 2 is 1.90 bits per heavy atom. The molecule has 0 aliphatic heterocycles. The lowest BCUT2D eigenvalue weighted by molar-refractivity contribution is 0.116. The van der Waals surface area contributed by atoms with Gasteiger partial charge in [-0.05, 0) is 32.3 Å². The average molecular weight is 460 g/mol. The van der Waals surface area contributed by atoms with E-state index in [9.17, 15) is 10.2 Å².